The van der Waals surface area contributed by atoms with Crippen LogP contribution in [0.4, 0.5) is 5.82 Å². The number of anilines is 1. The average molecular weight is 525 g/mol. The molecule has 0 saturated heterocycles. The van der Waals surface area contributed by atoms with Crippen molar-refractivity contribution in [3.8, 4) is 17.1 Å². The number of benzene rings is 1. The first kappa shape index (κ1) is 24.8. The lowest BCUT2D eigenvalue weighted by Gasteiger charge is -2.29. The van der Waals surface area contributed by atoms with Crippen molar-refractivity contribution in [2.45, 2.75) is 51.3 Å². The van der Waals surface area contributed by atoms with Gasteiger partial charge >= 0.3 is 0 Å². The van der Waals surface area contributed by atoms with E-state index in [1.54, 1.807) is 10.7 Å². The van der Waals surface area contributed by atoms with Gasteiger partial charge in [0.25, 0.3) is 5.56 Å². The third kappa shape index (κ3) is 5.27. The second-order valence-electron chi connectivity index (χ2n) is 10.0. The van der Waals surface area contributed by atoms with E-state index in [0.29, 0.717) is 12.4 Å². The monoisotopic (exact) mass is 524 g/mol. The number of fused-ring (bicyclic) bond motifs is 1. The van der Waals surface area contributed by atoms with Gasteiger partial charge in [0.1, 0.15) is 17.6 Å². The molecule has 10 nitrogen and oxygen atoms in total. The first-order chi connectivity index (χ1) is 19.1. The smallest absolute Gasteiger partial charge is 0.267 e. The zero-order valence-electron chi connectivity index (χ0n) is 22.2. The SMILES string of the molecule is CCNc1cc2c(cn1)c(-c1cnn(C)c1)nn2C1CCC(Oc2ccc(=O)n(Cc3ccccc3)n2)CC1. The van der Waals surface area contributed by atoms with Crippen molar-refractivity contribution in [2.75, 3.05) is 11.9 Å². The van der Waals surface area contributed by atoms with Gasteiger partial charge < -0.3 is 10.1 Å². The van der Waals surface area contributed by atoms with Crippen molar-refractivity contribution >= 4 is 16.7 Å². The lowest BCUT2D eigenvalue weighted by molar-refractivity contribution is 0.123. The highest BCUT2D eigenvalue weighted by atomic mass is 16.5. The number of nitrogens with zero attached hydrogens (tertiary/aromatic N) is 7. The normalized spacial score (nSPS) is 17.4. The Hall–Kier alpha value is -4.47. The van der Waals surface area contributed by atoms with Crippen LogP contribution in [-0.2, 0) is 13.6 Å². The minimum Gasteiger partial charge on any atom is -0.473 e. The number of nitrogens with one attached hydrogen (secondary N) is 1. The van der Waals surface area contributed by atoms with E-state index < -0.39 is 0 Å². The van der Waals surface area contributed by atoms with Gasteiger partial charge in [-0.25, -0.2) is 9.67 Å². The van der Waals surface area contributed by atoms with Gasteiger partial charge in [0.2, 0.25) is 5.88 Å². The average Bonchev–Trinajstić information content (AvgIpc) is 3.55. The van der Waals surface area contributed by atoms with Crippen LogP contribution in [0.2, 0.25) is 0 Å². The van der Waals surface area contributed by atoms with Crippen LogP contribution in [0.5, 0.6) is 5.88 Å². The molecular weight excluding hydrogens is 492 g/mol. The van der Waals surface area contributed by atoms with E-state index in [2.05, 4.69) is 38.2 Å². The number of aryl methyl sites for hydroxylation is 1. The van der Waals surface area contributed by atoms with Crippen molar-refractivity contribution in [3.63, 3.8) is 0 Å². The van der Waals surface area contributed by atoms with Gasteiger partial charge in [-0.2, -0.15) is 10.2 Å². The van der Waals surface area contributed by atoms with E-state index in [4.69, 9.17) is 9.84 Å². The Kier molecular flexibility index (Phi) is 6.83. The van der Waals surface area contributed by atoms with Gasteiger partial charge in [-0.05, 0) is 38.2 Å². The topological polar surface area (TPSA) is 105 Å². The standard InChI is InChI=1S/C29H32N8O2/c1-3-30-26-15-25-24(17-31-26)29(21-16-32-35(2)19-21)34-37(25)22-9-11-23(12-10-22)39-27-13-14-28(38)36(33-27)18-20-7-5-4-6-8-20/h4-8,13-17,19,22-23H,3,9-12,18H2,1-2H3,(H,30,31). The number of ether oxygens (including phenoxy) is 1. The van der Waals surface area contributed by atoms with E-state index >= 15 is 0 Å². The maximum Gasteiger partial charge on any atom is 0.267 e. The molecule has 5 aromatic rings. The summed E-state index contributed by atoms with van der Waals surface area (Å²) in [5, 5.41) is 18.2. The lowest BCUT2D eigenvalue weighted by Crippen LogP contribution is -2.28. The number of hydrogen-bond acceptors (Lipinski definition) is 7. The van der Waals surface area contributed by atoms with Crippen LogP contribution >= 0.6 is 0 Å². The highest BCUT2D eigenvalue weighted by Gasteiger charge is 2.27. The molecule has 0 unspecified atom stereocenters. The highest BCUT2D eigenvalue weighted by Crippen LogP contribution is 2.36. The maximum atomic E-state index is 12.4. The Morgan fingerprint density at radius 2 is 1.85 bits per heavy atom. The van der Waals surface area contributed by atoms with Gasteiger partial charge in [0.15, 0.2) is 0 Å². The predicted molar refractivity (Wildman–Crippen MR) is 150 cm³/mol. The van der Waals surface area contributed by atoms with E-state index in [-0.39, 0.29) is 17.7 Å². The van der Waals surface area contributed by atoms with Gasteiger partial charge in [0.05, 0.1) is 24.3 Å². The van der Waals surface area contributed by atoms with Crippen molar-refractivity contribution in [3.05, 3.63) is 83.0 Å². The van der Waals surface area contributed by atoms with Crippen LogP contribution in [0.3, 0.4) is 0 Å². The Labute approximate surface area is 226 Å². The molecule has 0 bridgehead atoms. The fourth-order valence-electron chi connectivity index (χ4n) is 5.29. The largest absolute Gasteiger partial charge is 0.473 e. The Morgan fingerprint density at radius 1 is 1.03 bits per heavy atom. The summed E-state index contributed by atoms with van der Waals surface area (Å²) in [5.74, 6) is 1.33. The fraction of sp³-hybridized carbons (Fsp3) is 0.345. The van der Waals surface area contributed by atoms with Crippen molar-refractivity contribution < 1.29 is 4.74 Å². The summed E-state index contributed by atoms with van der Waals surface area (Å²) in [6.45, 7) is 3.28. The summed E-state index contributed by atoms with van der Waals surface area (Å²) in [4.78, 5) is 17.0. The molecule has 0 spiro atoms. The Bertz CT molecular complexity index is 1630. The summed E-state index contributed by atoms with van der Waals surface area (Å²) in [6.07, 6.45) is 9.38. The summed E-state index contributed by atoms with van der Waals surface area (Å²) >= 11 is 0. The van der Waals surface area contributed by atoms with E-state index in [0.717, 1.165) is 65.8 Å². The number of rotatable bonds is 8. The molecule has 1 aromatic carbocycles. The molecule has 4 heterocycles. The van der Waals surface area contributed by atoms with Crippen molar-refractivity contribution in [2.24, 2.45) is 7.05 Å². The van der Waals surface area contributed by atoms with Crippen LogP contribution in [0.25, 0.3) is 22.2 Å². The van der Waals surface area contributed by atoms with Crippen LogP contribution in [0.15, 0.2) is 71.9 Å². The summed E-state index contributed by atoms with van der Waals surface area (Å²) in [5.41, 5.74) is 3.83. The minimum atomic E-state index is -0.142. The van der Waals surface area contributed by atoms with Gasteiger partial charge in [-0.3, -0.25) is 14.2 Å². The molecule has 1 aliphatic rings. The maximum absolute atomic E-state index is 12.4. The molecule has 0 radical (unpaired) electrons. The van der Waals surface area contributed by atoms with Gasteiger partial charge in [0, 0.05) is 55.1 Å². The highest BCUT2D eigenvalue weighted by molar-refractivity contribution is 5.93. The lowest BCUT2D eigenvalue weighted by atomic mass is 9.93. The molecular formula is C29H32N8O2. The van der Waals surface area contributed by atoms with Crippen LogP contribution in [-0.4, -0.2) is 47.0 Å². The molecule has 4 aromatic heterocycles. The molecule has 0 amide bonds. The second kappa shape index (κ2) is 10.7. The molecule has 0 atom stereocenters. The van der Waals surface area contributed by atoms with Crippen molar-refractivity contribution in [1.82, 2.24) is 34.3 Å². The molecule has 1 fully saturated rings. The summed E-state index contributed by atoms with van der Waals surface area (Å²) in [6, 6.07) is 15.4. The van der Waals surface area contributed by atoms with Gasteiger partial charge in [-0.15, -0.1) is 5.10 Å². The number of aromatic nitrogens is 7. The van der Waals surface area contributed by atoms with E-state index in [1.165, 1.54) is 10.7 Å². The molecule has 1 saturated carbocycles. The first-order valence-corrected chi connectivity index (χ1v) is 13.5. The Balaban J connectivity index is 1.19. The Morgan fingerprint density at radius 3 is 2.59 bits per heavy atom. The zero-order chi connectivity index (χ0) is 26.8. The quantitative estimate of drug-likeness (QED) is 0.320. The molecule has 0 aliphatic heterocycles. The van der Waals surface area contributed by atoms with Gasteiger partial charge in [-0.1, -0.05) is 30.3 Å². The summed E-state index contributed by atoms with van der Waals surface area (Å²) in [7, 11) is 1.91. The minimum absolute atomic E-state index is 0.0371. The zero-order valence-corrected chi connectivity index (χ0v) is 22.2. The second-order valence-corrected chi connectivity index (χ2v) is 10.0. The molecule has 1 aliphatic carbocycles. The predicted octanol–water partition coefficient (Wildman–Crippen LogP) is 4.43. The molecule has 39 heavy (non-hydrogen) atoms. The van der Waals surface area contributed by atoms with Crippen LogP contribution in [0, 0.1) is 0 Å². The third-order valence-electron chi connectivity index (χ3n) is 7.22. The molecule has 1 N–H and O–H groups in total. The summed E-state index contributed by atoms with van der Waals surface area (Å²) < 4.78 is 11.7. The first-order valence-electron chi connectivity index (χ1n) is 13.5. The number of hydrogen-bond donors (Lipinski definition) is 1. The van der Waals surface area contributed by atoms with E-state index in [1.807, 2.05) is 56.0 Å². The third-order valence-corrected chi connectivity index (χ3v) is 7.22. The molecule has 6 rings (SSSR count). The number of pyridine rings is 1. The molecule has 10 heteroatoms. The molecule has 200 valence electrons. The fourth-order valence-corrected chi connectivity index (χ4v) is 5.29. The van der Waals surface area contributed by atoms with Crippen LogP contribution < -0.4 is 15.6 Å². The van der Waals surface area contributed by atoms with Crippen LogP contribution in [0.1, 0.15) is 44.2 Å². The van der Waals surface area contributed by atoms with Crippen molar-refractivity contribution in [1.29, 1.82) is 0 Å². The van der Waals surface area contributed by atoms with E-state index in [9.17, 15) is 4.79 Å².